The third-order valence-corrected chi connectivity index (χ3v) is 9.87. The molecule has 5 amide bonds. The monoisotopic (exact) mass is 720 g/mol. The van der Waals surface area contributed by atoms with E-state index in [9.17, 15) is 19.2 Å². The zero-order valence-corrected chi connectivity index (χ0v) is 29.9. The van der Waals surface area contributed by atoms with Gasteiger partial charge in [-0.2, -0.15) is 5.01 Å². The average Bonchev–Trinajstić information content (AvgIpc) is 3.53. The second-order valence-electron chi connectivity index (χ2n) is 13.2. The van der Waals surface area contributed by atoms with Gasteiger partial charge in [0, 0.05) is 30.8 Å². The quantitative estimate of drug-likeness (QED) is 0.180. The molecule has 272 valence electrons. The summed E-state index contributed by atoms with van der Waals surface area (Å²) in [5.74, 6) is 2.58. The molecule has 0 aliphatic carbocycles. The first kappa shape index (κ1) is 35.7. The van der Waals surface area contributed by atoms with Crippen LogP contribution in [-0.4, -0.2) is 82.5 Å². The zero-order valence-electron chi connectivity index (χ0n) is 29.9. The van der Waals surface area contributed by atoms with Crippen LogP contribution in [0.15, 0.2) is 121 Å². The minimum atomic E-state index is -0.851. The van der Waals surface area contributed by atoms with Crippen LogP contribution in [0.3, 0.4) is 0 Å². The highest BCUT2D eigenvalue weighted by atomic mass is 16.5. The molecule has 7 rings (SSSR count). The molecular weight excluding hydrogens is 681 g/mol. The lowest BCUT2D eigenvalue weighted by atomic mass is 9.98. The Morgan fingerprint density at radius 3 is 2.31 bits per heavy atom. The zero-order chi connectivity index (χ0) is 37.6. The van der Waals surface area contributed by atoms with E-state index >= 15 is 0 Å². The predicted octanol–water partition coefficient (Wildman–Crippen LogP) is 5.28. The molecule has 2 N–H and O–H groups in total. The summed E-state index contributed by atoms with van der Waals surface area (Å²) in [6.45, 7) is 0.507. The minimum absolute atomic E-state index is 0.0792. The molecule has 0 spiro atoms. The van der Waals surface area contributed by atoms with E-state index in [-0.39, 0.29) is 50.3 Å². The van der Waals surface area contributed by atoms with Gasteiger partial charge in [0.15, 0.2) is 0 Å². The molecule has 0 radical (unpaired) electrons. The van der Waals surface area contributed by atoms with E-state index in [0.29, 0.717) is 23.5 Å². The number of hydrogen-bond donors (Lipinski definition) is 2. The van der Waals surface area contributed by atoms with Crippen LogP contribution >= 0.6 is 0 Å². The molecule has 2 saturated heterocycles. The van der Waals surface area contributed by atoms with Gasteiger partial charge in [-0.1, -0.05) is 90.8 Å². The van der Waals surface area contributed by atoms with Gasteiger partial charge in [0.05, 0.1) is 26.7 Å². The third kappa shape index (κ3) is 7.60. The van der Waals surface area contributed by atoms with E-state index in [0.717, 1.165) is 27.5 Å². The summed E-state index contributed by atoms with van der Waals surface area (Å²) in [5, 5.41) is 11.0. The Bertz CT molecular complexity index is 2200. The van der Waals surface area contributed by atoms with Crippen molar-refractivity contribution < 1.29 is 23.9 Å². The van der Waals surface area contributed by atoms with E-state index in [1.54, 1.807) is 58.3 Å². The van der Waals surface area contributed by atoms with E-state index in [2.05, 4.69) is 16.6 Å². The van der Waals surface area contributed by atoms with Crippen molar-refractivity contribution in [2.45, 2.75) is 31.7 Å². The number of hydrazine groups is 1. The number of piperazine rings is 1. The van der Waals surface area contributed by atoms with Crippen LogP contribution in [0, 0.1) is 12.3 Å². The number of methoxy groups -OCH3 is 1. The lowest BCUT2D eigenvalue weighted by Crippen LogP contribution is -2.66. The Kier molecular flexibility index (Phi) is 10.6. The number of ether oxygens (including phenoxy) is 1. The normalized spacial score (nSPS) is 16.8. The molecule has 0 unspecified atom stereocenters. The van der Waals surface area contributed by atoms with Gasteiger partial charge in [-0.3, -0.25) is 14.4 Å². The highest BCUT2D eigenvalue weighted by Gasteiger charge is 2.52. The van der Waals surface area contributed by atoms with Crippen molar-refractivity contribution >= 4 is 40.2 Å². The van der Waals surface area contributed by atoms with Crippen LogP contribution in [0.4, 0.5) is 10.5 Å². The third-order valence-electron chi connectivity index (χ3n) is 9.87. The molecule has 0 bridgehead atoms. The highest BCUT2D eigenvalue weighted by molar-refractivity contribution is 6.04. The Hall–Kier alpha value is -6.64. The smallest absolute Gasteiger partial charge is 0.333 e. The van der Waals surface area contributed by atoms with Gasteiger partial charge in [-0.15, -0.1) is 6.42 Å². The predicted molar refractivity (Wildman–Crippen MR) is 206 cm³/mol. The van der Waals surface area contributed by atoms with Gasteiger partial charge in [0.2, 0.25) is 11.8 Å². The molecule has 2 fully saturated rings. The number of carbonyl (C=O) groups is 4. The van der Waals surface area contributed by atoms with Crippen LogP contribution in [-0.2, 0) is 29.1 Å². The van der Waals surface area contributed by atoms with E-state index in [1.165, 1.54) is 5.01 Å². The first-order valence-electron chi connectivity index (χ1n) is 17.7. The number of urea groups is 1. The number of hydrogen-bond acceptors (Lipinski definition) is 6. The first-order chi connectivity index (χ1) is 26.3. The Morgan fingerprint density at radius 2 is 1.57 bits per heavy atom. The number of anilines is 1. The molecule has 0 aromatic heterocycles. The van der Waals surface area contributed by atoms with Crippen LogP contribution in [0.1, 0.15) is 27.0 Å². The summed E-state index contributed by atoms with van der Waals surface area (Å²) >= 11 is 0. The number of fused-ring (bicyclic) bond motifs is 2. The van der Waals surface area contributed by atoms with Crippen LogP contribution < -0.4 is 15.4 Å². The standard InChI is InChI=1S/C43H40N6O5/c1-3-24-47(43(53)44-26-31-18-22-36(54-2)23-19-31)48-29-40(50)49-38(25-30-16-20-35(21-17-30)45-41(51)33-11-5-4-6-12-33)42(52)46(28-39(48)49)27-34-14-9-13-32-10-7-8-15-37(32)34/h1,4-23,38-39H,24-29H2,2H3,(H,44,53)(H,45,51)/t38-,39+/m0/s1. The fourth-order valence-corrected chi connectivity index (χ4v) is 7.14. The summed E-state index contributed by atoms with van der Waals surface area (Å²) in [5.41, 5.74) is 3.78. The van der Waals surface area contributed by atoms with Gasteiger partial charge >= 0.3 is 6.03 Å². The lowest BCUT2D eigenvalue weighted by molar-refractivity contribution is -0.157. The van der Waals surface area contributed by atoms with Gasteiger partial charge in [0.25, 0.3) is 5.91 Å². The van der Waals surface area contributed by atoms with Crippen molar-refractivity contribution in [3.63, 3.8) is 0 Å². The van der Waals surface area contributed by atoms with Crippen LogP contribution in [0.25, 0.3) is 10.8 Å². The summed E-state index contributed by atoms with van der Waals surface area (Å²) in [4.78, 5) is 58.3. The Morgan fingerprint density at radius 1 is 0.870 bits per heavy atom. The summed E-state index contributed by atoms with van der Waals surface area (Å²) in [6, 6.07) is 36.3. The lowest BCUT2D eigenvalue weighted by Gasteiger charge is -2.46. The molecule has 2 heterocycles. The maximum absolute atomic E-state index is 14.5. The second-order valence-corrected chi connectivity index (χ2v) is 13.2. The molecule has 0 saturated carbocycles. The Labute approximate surface area is 314 Å². The number of terminal acetylenes is 1. The van der Waals surface area contributed by atoms with Crippen molar-refractivity contribution in [1.29, 1.82) is 0 Å². The average molecular weight is 721 g/mol. The van der Waals surface area contributed by atoms with Crippen molar-refractivity contribution in [3.8, 4) is 18.1 Å². The second kappa shape index (κ2) is 15.9. The fourth-order valence-electron chi connectivity index (χ4n) is 7.14. The largest absolute Gasteiger partial charge is 0.497 e. The SMILES string of the molecule is C#CCN(C(=O)NCc1ccc(OC)cc1)N1CC(=O)N2[C@@H](Cc3ccc(NC(=O)c4ccccc4)cc3)C(=O)N(Cc3cccc4ccccc34)C[C@@H]21. The summed E-state index contributed by atoms with van der Waals surface area (Å²) < 4.78 is 5.24. The van der Waals surface area contributed by atoms with Crippen molar-refractivity contribution in [3.05, 3.63) is 144 Å². The van der Waals surface area contributed by atoms with Crippen molar-refractivity contribution in [1.82, 2.24) is 25.1 Å². The maximum Gasteiger partial charge on any atom is 0.333 e. The number of nitrogens with one attached hydrogen (secondary N) is 2. The number of nitrogens with zero attached hydrogens (tertiary/aromatic N) is 4. The fraction of sp³-hybridized carbons (Fsp3) is 0.209. The number of amides is 5. The first-order valence-corrected chi connectivity index (χ1v) is 17.7. The van der Waals surface area contributed by atoms with Gasteiger partial charge in [0.1, 0.15) is 18.0 Å². The summed E-state index contributed by atoms with van der Waals surface area (Å²) in [7, 11) is 1.59. The molecule has 2 aliphatic rings. The minimum Gasteiger partial charge on any atom is -0.497 e. The topological polar surface area (TPSA) is 115 Å². The molecular formula is C43H40N6O5. The highest BCUT2D eigenvalue weighted by Crippen LogP contribution is 2.31. The summed E-state index contributed by atoms with van der Waals surface area (Å²) in [6.07, 6.45) is 5.36. The molecule has 2 aliphatic heterocycles. The molecule has 11 nitrogen and oxygen atoms in total. The molecule has 5 aromatic rings. The molecule has 5 aromatic carbocycles. The Balaban J connectivity index is 1.15. The number of benzene rings is 5. The molecule has 54 heavy (non-hydrogen) atoms. The number of rotatable bonds is 11. The van der Waals surface area contributed by atoms with Gasteiger partial charge in [-0.05, 0) is 63.9 Å². The van der Waals surface area contributed by atoms with Crippen molar-refractivity contribution in [2.75, 3.05) is 32.1 Å². The van der Waals surface area contributed by atoms with Crippen LogP contribution in [0.5, 0.6) is 5.75 Å². The van der Waals surface area contributed by atoms with Gasteiger partial charge < -0.3 is 25.2 Å². The van der Waals surface area contributed by atoms with E-state index < -0.39 is 18.2 Å². The molecule has 2 atom stereocenters. The van der Waals surface area contributed by atoms with Gasteiger partial charge in [-0.25, -0.2) is 9.80 Å². The van der Waals surface area contributed by atoms with Crippen LogP contribution in [0.2, 0.25) is 0 Å². The number of carbonyl (C=O) groups excluding carboxylic acids is 4. The van der Waals surface area contributed by atoms with Crippen molar-refractivity contribution in [2.24, 2.45) is 0 Å². The maximum atomic E-state index is 14.5. The van der Waals surface area contributed by atoms with E-state index in [4.69, 9.17) is 11.2 Å². The van der Waals surface area contributed by atoms with E-state index in [1.807, 2.05) is 84.9 Å². The molecule has 11 heteroatoms.